The van der Waals surface area contributed by atoms with Crippen LogP contribution in [0.25, 0.3) is 0 Å². The molecule has 0 aromatic heterocycles. The van der Waals surface area contributed by atoms with Crippen LogP contribution in [0.15, 0.2) is 133 Å². The summed E-state index contributed by atoms with van der Waals surface area (Å²) >= 11 is 0. The first-order valence-corrected chi connectivity index (χ1v) is 31.6. The molecule has 0 amide bonds. The van der Waals surface area contributed by atoms with Crippen LogP contribution in [0.2, 0.25) is 0 Å². The van der Waals surface area contributed by atoms with Crippen molar-refractivity contribution >= 4 is 0 Å². The summed E-state index contributed by atoms with van der Waals surface area (Å²) in [5.74, 6) is -0.262. The van der Waals surface area contributed by atoms with Gasteiger partial charge in [-0.25, -0.2) is 0 Å². The highest BCUT2D eigenvalue weighted by Crippen LogP contribution is 2.52. The second-order valence-corrected chi connectivity index (χ2v) is 27.3. The van der Waals surface area contributed by atoms with E-state index in [0.29, 0.717) is 66.8 Å². The summed E-state index contributed by atoms with van der Waals surface area (Å²) in [6, 6.07) is 43.6. The summed E-state index contributed by atoms with van der Waals surface area (Å²) in [5.41, 5.74) is 21.1. The van der Waals surface area contributed by atoms with Crippen molar-refractivity contribution in [1.29, 1.82) is 0 Å². The normalized spacial score (nSPS) is 12.1. The van der Waals surface area contributed by atoms with Gasteiger partial charge in [-0.2, -0.15) is 0 Å². The van der Waals surface area contributed by atoms with Gasteiger partial charge in [0.15, 0.2) is 0 Å². The summed E-state index contributed by atoms with van der Waals surface area (Å²) in [7, 11) is 0. The molecule has 0 spiro atoms. The Balaban J connectivity index is 1.24. The Morgan fingerprint density at radius 2 is 0.413 bits per heavy atom. The largest absolute Gasteiger partial charge is 0.508 e. The van der Waals surface area contributed by atoms with Crippen molar-refractivity contribution < 1.29 is 46.0 Å². The molecule has 10 aromatic carbocycles. The Morgan fingerprint density at radius 3 is 0.652 bits per heavy atom. The summed E-state index contributed by atoms with van der Waals surface area (Å²) in [5, 5.41) is 104. The van der Waals surface area contributed by atoms with E-state index < -0.39 is 28.6 Å². The zero-order chi connectivity index (χ0) is 67.2. The minimum absolute atomic E-state index is 0.102. The van der Waals surface area contributed by atoms with Crippen molar-refractivity contribution in [3.8, 4) is 51.7 Å². The van der Waals surface area contributed by atoms with E-state index in [1.165, 1.54) is 0 Å². The Hall–Kier alpha value is -9.60. The maximum absolute atomic E-state index is 12.8. The van der Waals surface area contributed by atoms with E-state index >= 15 is 0 Å². The molecule has 9 heteroatoms. The van der Waals surface area contributed by atoms with E-state index in [1.807, 2.05) is 152 Å². The van der Waals surface area contributed by atoms with Crippen LogP contribution >= 0.6 is 0 Å². The van der Waals surface area contributed by atoms with Gasteiger partial charge in [0.05, 0.1) is 0 Å². The number of phenolic OH excluding ortho intramolecular Hbond substituents is 9. The number of phenols is 9. The predicted molar refractivity (Wildman–Crippen MR) is 371 cm³/mol. The minimum Gasteiger partial charge on any atom is -0.508 e. The van der Waals surface area contributed by atoms with Crippen LogP contribution in [-0.4, -0.2) is 46.0 Å². The molecule has 0 aliphatic rings. The molecule has 9 N–H and O–H groups in total. The van der Waals surface area contributed by atoms with Gasteiger partial charge in [0.2, 0.25) is 0 Å². The lowest BCUT2D eigenvalue weighted by atomic mass is 9.67. The fourth-order valence-corrected chi connectivity index (χ4v) is 14.2. The monoisotopic (exact) mass is 1230 g/mol. The summed E-state index contributed by atoms with van der Waals surface area (Å²) in [4.78, 5) is 0. The third-order valence-corrected chi connectivity index (χ3v) is 20.4. The molecule has 0 atom stereocenters. The SMILES string of the molecule is Cc1cc(C(c2cc(C)c(O)cc2C)c2cc(C(C)(C)c3ccc(C(C)(c4cc(C)c(O)c(C(c5cc(C)c(O)cc5C)c5cc(C)c(O)cc5C)c4)c4cc(C)c(O)c(C(c5cc(C)c(O)cc5C)c5cc(C)c(O)cc5C)c4)cc3)cc(C)c2O)c(C)cc1O. The first kappa shape index (κ1) is 65.4. The molecule has 0 radical (unpaired) electrons. The van der Waals surface area contributed by atoms with Crippen molar-refractivity contribution in [2.75, 3.05) is 0 Å². The smallest absolute Gasteiger partial charge is 0.122 e. The Bertz CT molecular complexity index is 4270. The van der Waals surface area contributed by atoms with Crippen LogP contribution in [0, 0.1) is 104 Å². The second-order valence-electron chi connectivity index (χ2n) is 27.3. The third kappa shape index (κ3) is 11.5. The van der Waals surface area contributed by atoms with E-state index in [9.17, 15) is 46.0 Å². The molecule has 0 saturated heterocycles. The van der Waals surface area contributed by atoms with Crippen LogP contribution in [0.1, 0.15) is 200 Å². The number of aryl methyl sites for hydroxylation is 15. The Morgan fingerprint density at radius 1 is 0.207 bits per heavy atom. The van der Waals surface area contributed by atoms with E-state index in [-0.39, 0.29) is 51.7 Å². The van der Waals surface area contributed by atoms with E-state index in [1.54, 1.807) is 36.4 Å². The van der Waals surface area contributed by atoms with Gasteiger partial charge in [0, 0.05) is 45.3 Å². The van der Waals surface area contributed by atoms with Gasteiger partial charge < -0.3 is 46.0 Å². The van der Waals surface area contributed by atoms with Crippen LogP contribution < -0.4 is 0 Å². The van der Waals surface area contributed by atoms with Gasteiger partial charge in [-0.1, -0.05) is 98.8 Å². The molecule has 10 aromatic rings. The molecular formula is C83H88O9. The highest BCUT2D eigenvalue weighted by atomic mass is 16.3. The summed E-state index contributed by atoms with van der Waals surface area (Å²) < 4.78 is 0. The van der Waals surface area contributed by atoms with Crippen LogP contribution in [0.5, 0.6) is 51.7 Å². The number of rotatable bonds is 14. The van der Waals surface area contributed by atoms with Crippen molar-refractivity contribution in [1.82, 2.24) is 0 Å². The van der Waals surface area contributed by atoms with E-state index in [4.69, 9.17) is 0 Å². The van der Waals surface area contributed by atoms with Crippen molar-refractivity contribution in [3.63, 3.8) is 0 Å². The molecule has 92 heavy (non-hydrogen) atoms. The van der Waals surface area contributed by atoms with E-state index in [0.717, 1.165) is 94.6 Å². The first-order valence-electron chi connectivity index (χ1n) is 31.6. The lowest BCUT2D eigenvalue weighted by molar-refractivity contribution is 0.459. The summed E-state index contributed by atoms with van der Waals surface area (Å²) in [6.07, 6.45) is 0. The van der Waals surface area contributed by atoms with Gasteiger partial charge in [0.1, 0.15) is 51.7 Å². The zero-order valence-corrected chi connectivity index (χ0v) is 56.5. The Kier molecular flexibility index (Phi) is 17.2. The van der Waals surface area contributed by atoms with Crippen LogP contribution in [-0.2, 0) is 10.8 Å². The molecule has 0 bridgehead atoms. The molecule has 0 heterocycles. The number of hydrogen-bond acceptors (Lipinski definition) is 9. The molecule has 0 saturated carbocycles. The zero-order valence-electron chi connectivity index (χ0n) is 56.5. The third-order valence-electron chi connectivity index (χ3n) is 20.4. The van der Waals surface area contributed by atoms with Gasteiger partial charge in [-0.05, 0) is 304 Å². The number of aromatic hydroxyl groups is 9. The predicted octanol–water partition coefficient (Wildman–Crippen LogP) is 18.9. The van der Waals surface area contributed by atoms with Gasteiger partial charge in [-0.15, -0.1) is 0 Å². The molecule has 0 aliphatic carbocycles. The fraction of sp³-hybridized carbons (Fsp3) is 0.277. The van der Waals surface area contributed by atoms with E-state index in [2.05, 4.69) is 69.3 Å². The molecule has 474 valence electrons. The molecule has 0 unspecified atom stereocenters. The summed E-state index contributed by atoms with van der Waals surface area (Å²) in [6.45, 7) is 35.3. The topological polar surface area (TPSA) is 182 Å². The molecular weight excluding hydrogens is 1140 g/mol. The van der Waals surface area contributed by atoms with Crippen molar-refractivity contribution in [3.05, 3.63) is 295 Å². The Labute approximate surface area is 542 Å². The van der Waals surface area contributed by atoms with Crippen LogP contribution in [0.3, 0.4) is 0 Å². The standard InChI is InChI=1S/C83H88O9/c1-41-32-70(84)47(7)26-61(41)76(62-27-48(8)71(85)33-42(62)2)67-38-58(23-53(13)79(67)90)82(16,17)56-19-21-57(22-20-56)83(18,59-24-54(14)80(91)68(39-59)77(63-28-49(9)72(86)34-43(63)3)64-29-50(10)73(87)35-44(64)4)60-25-55(15)81(92)69(40-60)78(65-30-51(11)74(88)36-45(65)5)66-31-52(12)75(89)37-46(66)6/h19-40,76-78,84-92H,1-18H3. The number of hydrogen-bond donors (Lipinski definition) is 9. The fourth-order valence-electron chi connectivity index (χ4n) is 14.2. The van der Waals surface area contributed by atoms with Gasteiger partial charge in [0.25, 0.3) is 0 Å². The highest BCUT2D eigenvalue weighted by molar-refractivity contribution is 5.67. The number of benzene rings is 10. The quantitative estimate of drug-likeness (QED) is 0.0479. The second kappa shape index (κ2) is 24.2. The lowest BCUT2D eigenvalue weighted by Crippen LogP contribution is -2.27. The van der Waals surface area contributed by atoms with Gasteiger partial charge in [-0.3, -0.25) is 0 Å². The van der Waals surface area contributed by atoms with Gasteiger partial charge >= 0.3 is 0 Å². The average Bonchev–Trinajstić information content (AvgIpc) is 0.738. The molecule has 0 fully saturated rings. The molecule has 9 nitrogen and oxygen atoms in total. The molecule has 0 aliphatic heterocycles. The first-order chi connectivity index (χ1) is 43.1. The van der Waals surface area contributed by atoms with Crippen molar-refractivity contribution in [2.45, 2.75) is 153 Å². The maximum atomic E-state index is 12.8. The van der Waals surface area contributed by atoms with Crippen LogP contribution in [0.4, 0.5) is 0 Å². The lowest BCUT2D eigenvalue weighted by Gasteiger charge is -2.36. The maximum Gasteiger partial charge on any atom is 0.122 e. The highest BCUT2D eigenvalue weighted by Gasteiger charge is 2.39. The van der Waals surface area contributed by atoms with Crippen molar-refractivity contribution in [2.24, 2.45) is 0 Å². The average molecular weight is 1230 g/mol. The minimum atomic E-state index is -1.06. The molecule has 10 rings (SSSR count).